The predicted octanol–water partition coefficient (Wildman–Crippen LogP) is 5.31. The van der Waals surface area contributed by atoms with E-state index in [0.29, 0.717) is 10.6 Å². The fourth-order valence-electron chi connectivity index (χ4n) is 3.88. The third kappa shape index (κ3) is 5.88. The van der Waals surface area contributed by atoms with E-state index in [1.165, 1.54) is 29.3 Å². The maximum atomic E-state index is 13.3. The molecule has 1 aliphatic heterocycles. The first-order chi connectivity index (χ1) is 17.8. The van der Waals surface area contributed by atoms with Crippen molar-refractivity contribution < 1.29 is 32.3 Å². The average molecular weight is 547 g/mol. The van der Waals surface area contributed by atoms with Crippen LogP contribution in [0.1, 0.15) is 35.5 Å². The molecule has 4 amide bonds. The molecule has 1 saturated heterocycles. The fraction of sp³-hybridized carbons (Fsp3) is 0.231. The molecule has 3 aromatic rings. The highest BCUT2D eigenvalue weighted by molar-refractivity contribution is 6.30. The summed E-state index contributed by atoms with van der Waals surface area (Å²) in [6.45, 7) is 3.38. The molecule has 0 unspecified atom stereocenters. The number of rotatable bonds is 7. The van der Waals surface area contributed by atoms with Gasteiger partial charge in [-0.1, -0.05) is 23.7 Å². The Morgan fingerprint density at radius 1 is 1.03 bits per heavy atom. The van der Waals surface area contributed by atoms with E-state index < -0.39 is 35.5 Å². The summed E-state index contributed by atoms with van der Waals surface area (Å²) in [4.78, 5) is 45.4. The summed E-state index contributed by atoms with van der Waals surface area (Å²) < 4.78 is 41.2. The molecule has 8 nitrogen and oxygen atoms in total. The quantitative estimate of drug-likeness (QED) is 0.405. The minimum Gasteiger partial charge on any atom is -0.406 e. The average Bonchev–Trinajstić information content (AvgIpc) is 3.02. The lowest BCUT2D eigenvalue weighted by atomic mass is 10.0. The number of ether oxygens (including phenoxy) is 1. The molecule has 198 valence electrons. The highest BCUT2D eigenvalue weighted by Gasteiger charge is 2.51. The van der Waals surface area contributed by atoms with Crippen molar-refractivity contribution in [1.82, 2.24) is 15.2 Å². The second-order valence-electron chi connectivity index (χ2n) is 8.97. The highest BCUT2D eigenvalue weighted by Crippen LogP contribution is 2.34. The van der Waals surface area contributed by atoms with Gasteiger partial charge in [-0.3, -0.25) is 14.6 Å². The summed E-state index contributed by atoms with van der Waals surface area (Å²) >= 11 is 5.88. The Morgan fingerprint density at radius 2 is 1.68 bits per heavy atom. The number of hydrogen-bond donors (Lipinski definition) is 1. The van der Waals surface area contributed by atoms with E-state index in [9.17, 15) is 27.6 Å². The van der Waals surface area contributed by atoms with E-state index in [2.05, 4.69) is 15.0 Å². The smallest absolute Gasteiger partial charge is 0.406 e. The van der Waals surface area contributed by atoms with E-state index in [4.69, 9.17) is 11.6 Å². The van der Waals surface area contributed by atoms with Crippen LogP contribution >= 0.6 is 11.6 Å². The molecule has 2 heterocycles. The van der Waals surface area contributed by atoms with E-state index in [0.717, 1.165) is 22.6 Å². The Hall–Kier alpha value is -4.12. The Bertz CT molecular complexity index is 1360. The van der Waals surface area contributed by atoms with Crippen molar-refractivity contribution in [3.63, 3.8) is 0 Å². The van der Waals surface area contributed by atoms with Crippen molar-refractivity contribution in [1.29, 1.82) is 0 Å². The molecule has 4 rings (SSSR count). The van der Waals surface area contributed by atoms with Gasteiger partial charge in [0.25, 0.3) is 11.8 Å². The molecule has 0 radical (unpaired) electrons. The lowest BCUT2D eigenvalue weighted by molar-refractivity contribution is -0.274. The number of carbonyl (C=O) groups is 3. The zero-order chi connectivity index (χ0) is 27.7. The van der Waals surface area contributed by atoms with Gasteiger partial charge < -0.3 is 15.0 Å². The van der Waals surface area contributed by atoms with Crippen LogP contribution in [0, 0.1) is 0 Å². The third-order valence-corrected chi connectivity index (χ3v) is 6.17. The van der Waals surface area contributed by atoms with E-state index in [-0.39, 0.29) is 24.5 Å². The number of urea groups is 1. The summed E-state index contributed by atoms with van der Waals surface area (Å²) in [6.07, 6.45) is -3.44. The van der Waals surface area contributed by atoms with Gasteiger partial charge in [0.05, 0.1) is 5.69 Å². The standard InChI is InChI=1S/C26H22ClF3N4O4/c1-25(2)23(36)34(19-7-9-20(10-8-19)38-26(28,29)30)24(37)33(25)15-17-11-12-31-21(13-17)22(35)32-14-16-3-5-18(27)6-4-16/h3-13H,14-15H2,1-2H3,(H,32,35). The van der Waals surface area contributed by atoms with Crippen LogP contribution in [0.15, 0.2) is 66.9 Å². The third-order valence-electron chi connectivity index (χ3n) is 5.92. The lowest BCUT2D eigenvalue weighted by Crippen LogP contribution is -2.43. The number of nitrogens with one attached hydrogen (secondary N) is 1. The topological polar surface area (TPSA) is 91.8 Å². The first-order valence-corrected chi connectivity index (χ1v) is 11.7. The van der Waals surface area contributed by atoms with Gasteiger partial charge in [-0.05, 0) is 73.5 Å². The number of aromatic nitrogens is 1. The molecule has 0 aliphatic carbocycles. The molecule has 1 aliphatic rings. The molecule has 0 spiro atoms. The molecular weight excluding hydrogens is 525 g/mol. The molecule has 0 saturated carbocycles. The molecule has 0 bridgehead atoms. The molecule has 0 atom stereocenters. The Morgan fingerprint density at radius 3 is 2.32 bits per heavy atom. The number of alkyl halides is 3. The molecule has 2 aromatic carbocycles. The van der Waals surface area contributed by atoms with Gasteiger partial charge in [-0.15, -0.1) is 13.2 Å². The number of anilines is 1. The minimum atomic E-state index is -4.87. The molecule has 1 fully saturated rings. The molecule has 12 heteroatoms. The first-order valence-electron chi connectivity index (χ1n) is 11.3. The van der Waals surface area contributed by atoms with E-state index >= 15 is 0 Å². The zero-order valence-corrected chi connectivity index (χ0v) is 21.0. The zero-order valence-electron chi connectivity index (χ0n) is 20.3. The summed E-state index contributed by atoms with van der Waals surface area (Å²) in [5, 5.41) is 3.35. The maximum absolute atomic E-state index is 13.3. The predicted molar refractivity (Wildman–Crippen MR) is 132 cm³/mol. The van der Waals surface area contributed by atoms with Gasteiger partial charge in [0.15, 0.2) is 0 Å². The second kappa shape index (κ2) is 10.3. The number of benzene rings is 2. The Balaban J connectivity index is 1.48. The van der Waals surface area contributed by atoms with Crippen LogP contribution in [0.25, 0.3) is 0 Å². The van der Waals surface area contributed by atoms with Crippen LogP contribution in [0.4, 0.5) is 23.7 Å². The number of amides is 4. The van der Waals surface area contributed by atoms with Gasteiger partial charge >= 0.3 is 12.4 Å². The summed E-state index contributed by atoms with van der Waals surface area (Å²) in [6, 6.07) is 13.9. The Kier molecular flexibility index (Phi) is 7.32. The molecule has 1 N–H and O–H groups in total. The lowest BCUT2D eigenvalue weighted by Gasteiger charge is -2.27. The summed E-state index contributed by atoms with van der Waals surface area (Å²) in [5.74, 6) is -1.45. The van der Waals surface area contributed by atoms with Crippen LogP contribution in [-0.2, 0) is 17.9 Å². The van der Waals surface area contributed by atoms with Gasteiger partial charge in [-0.25, -0.2) is 9.69 Å². The van der Waals surface area contributed by atoms with Crippen molar-refractivity contribution >= 4 is 35.1 Å². The maximum Gasteiger partial charge on any atom is 0.573 e. The van der Waals surface area contributed by atoms with Crippen molar-refractivity contribution in [2.24, 2.45) is 0 Å². The highest BCUT2D eigenvalue weighted by atomic mass is 35.5. The first kappa shape index (κ1) is 26.9. The normalized spacial score (nSPS) is 15.1. The van der Waals surface area contributed by atoms with Crippen molar-refractivity contribution in [3.05, 3.63) is 88.7 Å². The minimum absolute atomic E-state index is 0.0106. The van der Waals surface area contributed by atoms with Crippen LogP contribution in [0.2, 0.25) is 5.02 Å². The number of nitrogens with zero attached hydrogens (tertiary/aromatic N) is 3. The Labute approximate surface area is 221 Å². The van der Waals surface area contributed by atoms with Gasteiger partial charge in [0.1, 0.15) is 17.0 Å². The largest absolute Gasteiger partial charge is 0.573 e. The van der Waals surface area contributed by atoms with Crippen LogP contribution < -0.4 is 15.0 Å². The van der Waals surface area contributed by atoms with Gasteiger partial charge in [0, 0.05) is 24.3 Å². The van der Waals surface area contributed by atoms with Crippen LogP contribution in [-0.4, -0.2) is 39.6 Å². The fourth-order valence-corrected chi connectivity index (χ4v) is 4.01. The summed E-state index contributed by atoms with van der Waals surface area (Å²) in [7, 11) is 0. The van der Waals surface area contributed by atoms with Gasteiger partial charge in [-0.2, -0.15) is 0 Å². The number of imide groups is 1. The molecule has 38 heavy (non-hydrogen) atoms. The van der Waals surface area contributed by atoms with Gasteiger partial charge in [0.2, 0.25) is 0 Å². The number of pyridine rings is 1. The van der Waals surface area contributed by atoms with E-state index in [1.807, 2.05) is 0 Å². The van der Waals surface area contributed by atoms with E-state index in [1.54, 1.807) is 44.2 Å². The van der Waals surface area contributed by atoms with Crippen LogP contribution in [0.3, 0.4) is 0 Å². The SMILES string of the molecule is CC1(C)C(=O)N(c2ccc(OC(F)(F)F)cc2)C(=O)N1Cc1ccnc(C(=O)NCc2ccc(Cl)cc2)c1. The molecule has 1 aromatic heterocycles. The number of hydrogen-bond acceptors (Lipinski definition) is 5. The number of halogens is 4. The van der Waals surface area contributed by atoms with Crippen molar-refractivity contribution in [2.75, 3.05) is 4.90 Å². The van der Waals surface area contributed by atoms with Crippen LogP contribution in [0.5, 0.6) is 5.75 Å². The second-order valence-corrected chi connectivity index (χ2v) is 9.40. The van der Waals surface area contributed by atoms with Crippen molar-refractivity contribution in [2.45, 2.75) is 38.8 Å². The number of carbonyl (C=O) groups excluding carboxylic acids is 3. The summed E-state index contributed by atoms with van der Waals surface area (Å²) in [5.41, 5.74) is 0.367. The van der Waals surface area contributed by atoms with Crippen molar-refractivity contribution in [3.8, 4) is 5.75 Å². The monoisotopic (exact) mass is 546 g/mol. The molecular formula is C26H22ClF3N4O4.